The fourth-order valence-electron chi connectivity index (χ4n) is 3.32. The van der Waals surface area contributed by atoms with E-state index in [9.17, 15) is 14.4 Å². The van der Waals surface area contributed by atoms with Crippen molar-refractivity contribution in [3.63, 3.8) is 0 Å². The first-order valence-electron chi connectivity index (χ1n) is 9.27. The number of nitrogens with one attached hydrogen (secondary N) is 1. The zero-order valence-electron chi connectivity index (χ0n) is 16.4. The third kappa shape index (κ3) is 4.03. The lowest BCUT2D eigenvalue weighted by atomic mass is 10.1. The summed E-state index contributed by atoms with van der Waals surface area (Å²) < 4.78 is 2.29. The van der Waals surface area contributed by atoms with E-state index < -0.39 is 11.2 Å². The van der Waals surface area contributed by atoms with Gasteiger partial charge in [0.25, 0.3) is 5.56 Å². The minimum absolute atomic E-state index is 0.305. The van der Waals surface area contributed by atoms with Gasteiger partial charge >= 0.3 is 5.69 Å². The highest BCUT2D eigenvalue weighted by atomic mass is 16.2. The quantitative estimate of drug-likeness (QED) is 0.656. The molecule has 0 atom stereocenters. The highest BCUT2D eigenvalue weighted by Gasteiger charge is 2.16. The number of fused-ring (bicyclic) bond motifs is 1. The van der Waals surface area contributed by atoms with Crippen LogP contribution in [-0.4, -0.2) is 26.6 Å². The highest BCUT2D eigenvalue weighted by molar-refractivity contribution is 5.79. The molecule has 7 heteroatoms. The van der Waals surface area contributed by atoms with Crippen LogP contribution in [0, 0.1) is 13.8 Å². The van der Waals surface area contributed by atoms with Gasteiger partial charge in [0.15, 0.2) is 0 Å². The molecule has 146 valence electrons. The van der Waals surface area contributed by atoms with Gasteiger partial charge in [-0.3, -0.25) is 18.7 Å². The second-order valence-corrected chi connectivity index (χ2v) is 6.95. The summed E-state index contributed by atoms with van der Waals surface area (Å²) in [5, 5.41) is 3.15. The molecule has 2 heterocycles. The molecule has 0 unspecified atom stereocenters. The van der Waals surface area contributed by atoms with Crippen molar-refractivity contribution < 1.29 is 4.79 Å². The molecule has 0 spiro atoms. The Kier molecular flexibility index (Phi) is 5.73. The Bertz CT molecular complexity index is 1130. The van der Waals surface area contributed by atoms with Crippen molar-refractivity contribution in [1.82, 2.24) is 19.4 Å². The van der Waals surface area contributed by atoms with E-state index in [1.807, 2.05) is 37.3 Å². The molecule has 0 bridgehead atoms. The summed E-state index contributed by atoms with van der Waals surface area (Å²) in [6, 6.07) is 11.8. The number of rotatable bonds is 6. The Morgan fingerprint density at radius 2 is 1.86 bits per heavy atom. The summed E-state index contributed by atoms with van der Waals surface area (Å²) >= 11 is 0. The smallest absolute Gasteiger partial charge is 0.332 e. The van der Waals surface area contributed by atoms with Crippen molar-refractivity contribution in [3.05, 3.63) is 74.1 Å². The topological polar surface area (TPSA) is 86.0 Å². The molecule has 28 heavy (non-hydrogen) atoms. The molecule has 1 N–H and O–H groups in total. The Balaban J connectivity index is 1.74. The number of carbonyl (C=O) groups is 1. The number of pyridine rings is 1. The molecule has 0 saturated heterocycles. The average Bonchev–Trinajstić information content (AvgIpc) is 2.67. The van der Waals surface area contributed by atoms with Gasteiger partial charge in [0, 0.05) is 19.3 Å². The summed E-state index contributed by atoms with van der Waals surface area (Å²) in [4.78, 5) is 42.0. The monoisotopic (exact) mass is 380 g/mol. The maximum absolute atomic E-state index is 12.8. The molecule has 7 nitrogen and oxygen atoms in total. The number of carbonyl (C=O) groups excluding carboxylic acids is 1. The van der Waals surface area contributed by atoms with E-state index in [2.05, 4.69) is 10.3 Å². The first-order valence-corrected chi connectivity index (χ1v) is 9.27. The minimum Gasteiger partial charge on any atom is -0.355 e. The fraction of sp³-hybridized carbons (Fsp3) is 0.333. The molecule has 1 aromatic carbocycles. The zero-order chi connectivity index (χ0) is 20.3. The van der Waals surface area contributed by atoms with Gasteiger partial charge in [-0.2, -0.15) is 0 Å². The van der Waals surface area contributed by atoms with Crippen molar-refractivity contribution in [1.29, 1.82) is 0 Å². The molecule has 2 aromatic heterocycles. The van der Waals surface area contributed by atoms with E-state index in [0.717, 1.165) is 28.7 Å². The molecule has 0 aliphatic carbocycles. The number of hydrogen-bond donors (Lipinski definition) is 1. The Labute approximate surface area is 162 Å². The Hall–Kier alpha value is -3.22. The van der Waals surface area contributed by atoms with Crippen LogP contribution in [0.3, 0.4) is 0 Å². The van der Waals surface area contributed by atoms with E-state index in [1.54, 1.807) is 20.0 Å². The first kappa shape index (κ1) is 19.5. The molecular weight excluding hydrogens is 356 g/mol. The van der Waals surface area contributed by atoms with Crippen molar-refractivity contribution in [2.24, 2.45) is 7.05 Å². The third-order valence-electron chi connectivity index (χ3n) is 4.73. The lowest BCUT2D eigenvalue weighted by Gasteiger charge is -2.12. The van der Waals surface area contributed by atoms with Crippen LogP contribution in [0.5, 0.6) is 0 Å². The summed E-state index contributed by atoms with van der Waals surface area (Å²) in [7, 11) is 1.56. The van der Waals surface area contributed by atoms with E-state index in [-0.39, 0.29) is 12.5 Å². The minimum atomic E-state index is -0.547. The summed E-state index contributed by atoms with van der Waals surface area (Å²) in [6.45, 7) is 3.79. The van der Waals surface area contributed by atoms with Crippen LogP contribution in [0.1, 0.15) is 23.2 Å². The molecule has 0 radical (unpaired) electrons. The van der Waals surface area contributed by atoms with Crippen LogP contribution < -0.4 is 16.6 Å². The van der Waals surface area contributed by atoms with Gasteiger partial charge in [-0.1, -0.05) is 30.3 Å². The van der Waals surface area contributed by atoms with Gasteiger partial charge in [-0.05, 0) is 43.9 Å². The second-order valence-electron chi connectivity index (χ2n) is 6.95. The predicted octanol–water partition coefficient (Wildman–Crippen LogP) is 1.46. The average molecular weight is 380 g/mol. The van der Waals surface area contributed by atoms with Crippen LogP contribution >= 0.6 is 0 Å². The van der Waals surface area contributed by atoms with Crippen LogP contribution in [0.25, 0.3) is 11.0 Å². The molecule has 3 rings (SSSR count). The molecule has 0 aliphatic heterocycles. The predicted molar refractivity (Wildman–Crippen MR) is 108 cm³/mol. The summed E-state index contributed by atoms with van der Waals surface area (Å²) in [5.41, 5.74) is 1.98. The maximum atomic E-state index is 12.8. The van der Waals surface area contributed by atoms with Crippen molar-refractivity contribution in [3.8, 4) is 0 Å². The number of amides is 1. The number of nitrogens with zero attached hydrogens (tertiary/aromatic N) is 3. The zero-order valence-corrected chi connectivity index (χ0v) is 16.4. The summed E-state index contributed by atoms with van der Waals surface area (Å²) in [6.07, 6.45) is 1.63. The van der Waals surface area contributed by atoms with E-state index in [4.69, 9.17) is 0 Å². The molecule has 3 aromatic rings. The van der Waals surface area contributed by atoms with E-state index in [0.29, 0.717) is 17.6 Å². The van der Waals surface area contributed by atoms with Gasteiger partial charge in [-0.15, -0.1) is 0 Å². The Morgan fingerprint density at radius 1 is 1.14 bits per heavy atom. The van der Waals surface area contributed by atoms with Crippen molar-refractivity contribution in [2.45, 2.75) is 33.2 Å². The van der Waals surface area contributed by atoms with Crippen LogP contribution in [0.2, 0.25) is 0 Å². The van der Waals surface area contributed by atoms with Crippen molar-refractivity contribution in [2.75, 3.05) is 6.54 Å². The lowest BCUT2D eigenvalue weighted by Crippen LogP contribution is -2.43. The number of aryl methyl sites for hydroxylation is 4. The third-order valence-corrected chi connectivity index (χ3v) is 4.73. The van der Waals surface area contributed by atoms with Gasteiger partial charge in [-0.25, -0.2) is 9.78 Å². The van der Waals surface area contributed by atoms with Crippen LogP contribution in [0.15, 0.2) is 46.0 Å². The normalized spacial score (nSPS) is 11.0. The van der Waals surface area contributed by atoms with Crippen LogP contribution in [0.4, 0.5) is 0 Å². The largest absolute Gasteiger partial charge is 0.355 e. The first-order chi connectivity index (χ1) is 13.4. The fourth-order valence-corrected chi connectivity index (χ4v) is 3.32. The standard InChI is InChI=1S/C21H24N4O3/c1-14-12-15(2)23-19-18(14)20(27)25(21(28)24(19)3)13-17(26)22-11-7-10-16-8-5-4-6-9-16/h4-6,8-9,12H,7,10-11,13H2,1-3H3,(H,22,26). The number of aromatic nitrogens is 3. The van der Waals surface area contributed by atoms with Gasteiger partial charge in [0.2, 0.25) is 5.91 Å². The van der Waals surface area contributed by atoms with Gasteiger partial charge in [0.1, 0.15) is 12.2 Å². The molecule has 0 fully saturated rings. The van der Waals surface area contributed by atoms with Crippen molar-refractivity contribution >= 4 is 16.9 Å². The van der Waals surface area contributed by atoms with Gasteiger partial charge < -0.3 is 5.32 Å². The molecular formula is C21H24N4O3. The SMILES string of the molecule is Cc1cc(C)c2c(=O)n(CC(=O)NCCCc3ccccc3)c(=O)n(C)c2n1. The molecule has 1 amide bonds. The second kappa shape index (κ2) is 8.21. The molecule has 0 aliphatic rings. The Morgan fingerprint density at radius 3 is 2.57 bits per heavy atom. The lowest BCUT2D eigenvalue weighted by molar-refractivity contribution is -0.121. The van der Waals surface area contributed by atoms with E-state index in [1.165, 1.54) is 10.1 Å². The van der Waals surface area contributed by atoms with E-state index >= 15 is 0 Å². The molecule has 0 saturated carbocycles. The highest BCUT2D eigenvalue weighted by Crippen LogP contribution is 2.11. The van der Waals surface area contributed by atoms with Crippen LogP contribution in [-0.2, 0) is 24.8 Å². The maximum Gasteiger partial charge on any atom is 0.332 e. The number of hydrogen-bond acceptors (Lipinski definition) is 4. The number of benzene rings is 1. The van der Waals surface area contributed by atoms with Gasteiger partial charge in [0.05, 0.1) is 5.39 Å². The summed E-state index contributed by atoms with van der Waals surface area (Å²) in [5.74, 6) is -0.357.